The molecule has 11 nitrogen and oxygen atoms in total. The SMILES string of the molecule is O=C(NC(CSCc1ccccc1)C(=O)N/N=C/c1ccccc1Cl)c1cc([N+](=O)[O-])cc([N+](=O)[O-])c1. The molecule has 1 atom stereocenters. The smallest absolute Gasteiger partial charge is 0.277 e. The Morgan fingerprint density at radius 1 is 0.973 bits per heavy atom. The van der Waals surface area contributed by atoms with E-state index in [0.29, 0.717) is 16.3 Å². The summed E-state index contributed by atoms with van der Waals surface area (Å²) in [5.74, 6) is -0.865. The number of amides is 2. The Bertz CT molecular complexity index is 1310. The molecular formula is C24H20ClN5O6S. The summed E-state index contributed by atoms with van der Waals surface area (Å²) < 4.78 is 0. The lowest BCUT2D eigenvalue weighted by molar-refractivity contribution is -0.394. The molecule has 1 unspecified atom stereocenters. The maximum absolute atomic E-state index is 12.9. The van der Waals surface area contributed by atoms with Crippen LogP contribution >= 0.6 is 23.4 Å². The van der Waals surface area contributed by atoms with Crippen LogP contribution in [0.4, 0.5) is 11.4 Å². The van der Waals surface area contributed by atoms with Gasteiger partial charge in [0.15, 0.2) is 0 Å². The van der Waals surface area contributed by atoms with Gasteiger partial charge in [-0.2, -0.15) is 16.9 Å². The second-order valence-corrected chi connectivity index (χ2v) is 8.97. The Morgan fingerprint density at radius 3 is 2.22 bits per heavy atom. The van der Waals surface area contributed by atoms with Gasteiger partial charge in [-0.25, -0.2) is 5.43 Å². The van der Waals surface area contributed by atoms with Crippen molar-refractivity contribution < 1.29 is 19.4 Å². The predicted molar refractivity (Wildman–Crippen MR) is 141 cm³/mol. The fraction of sp³-hybridized carbons (Fsp3) is 0.125. The van der Waals surface area contributed by atoms with Gasteiger partial charge in [-0.15, -0.1) is 0 Å². The predicted octanol–water partition coefficient (Wildman–Crippen LogP) is 4.34. The quantitative estimate of drug-likeness (QED) is 0.207. The first-order valence-electron chi connectivity index (χ1n) is 10.7. The number of nitro benzene ring substituents is 2. The first kappa shape index (κ1) is 27.3. The average Bonchev–Trinajstić information content (AvgIpc) is 2.89. The number of thioether (sulfide) groups is 1. The third-order valence-electron chi connectivity index (χ3n) is 4.89. The van der Waals surface area contributed by atoms with Crippen LogP contribution in [0.2, 0.25) is 5.02 Å². The van der Waals surface area contributed by atoms with Gasteiger partial charge in [0.1, 0.15) is 6.04 Å². The van der Waals surface area contributed by atoms with E-state index < -0.39 is 39.1 Å². The van der Waals surface area contributed by atoms with Gasteiger partial charge in [-0.05, 0) is 11.6 Å². The monoisotopic (exact) mass is 541 g/mol. The third kappa shape index (κ3) is 8.12. The minimum absolute atomic E-state index is 0.130. The minimum atomic E-state index is -1.11. The van der Waals surface area contributed by atoms with Crippen LogP contribution in [0.25, 0.3) is 0 Å². The van der Waals surface area contributed by atoms with Crippen molar-refractivity contribution in [2.75, 3.05) is 5.75 Å². The molecule has 0 spiro atoms. The third-order valence-corrected chi connectivity index (χ3v) is 6.34. The van der Waals surface area contributed by atoms with Crippen molar-refractivity contribution in [2.24, 2.45) is 5.10 Å². The van der Waals surface area contributed by atoms with Crippen LogP contribution in [0.5, 0.6) is 0 Å². The second kappa shape index (κ2) is 13.1. The Hall–Kier alpha value is -4.29. The zero-order chi connectivity index (χ0) is 26.8. The van der Waals surface area contributed by atoms with Crippen molar-refractivity contribution in [2.45, 2.75) is 11.8 Å². The number of carbonyl (C=O) groups is 2. The number of hydrogen-bond acceptors (Lipinski definition) is 8. The van der Waals surface area contributed by atoms with Gasteiger partial charge in [-0.1, -0.05) is 60.1 Å². The van der Waals surface area contributed by atoms with Gasteiger partial charge in [0.25, 0.3) is 23.2 Å². The summed E-state index contributed by atoms with van der Waals surface area (Å²) in [6, 6.07) is 17.8. The molecule has 37 heavy (non-hydrogen) atoms. The number of carbonyl (C=O) groups excluding carboxylic acids is 2. The van der Waals surface area contributed by atoms with Crippen molar-refractivity contribution >= 4 is 52.8 Å². The molecule has 190 valence electrons. The van der Waals surface area contributed by atoms with Gasteiger partial charge >= 0.3 is 0 Å². The van der Waals surface area contributed by atoms with Crippen molar-refractivity contribution in [3.05, 3.63) is 115 Å². The number of benzene rings is 3. The highest BCUT2D eigenvalue weighted by Gasteiger charge is 2.25. The van der Waals surface area contributed by atoms with E-state index in [-0.39, 0.29) is 11.3 Å². The van der Waals surface area contributed by atoms with Crippen LogP contribution in [-0.2, 0) is 10.5 Å². The van der Waals surface area contributed by atoms with E-state index >= 15 is 0 Å². The maximum atomic E-state index is 12.9. The van der Waals surface area contributed by atoms with E-state index in [4.69, 9.17) is 11.6 Å². The zero-order valence-electron chi connectivity index (χ0n) is 19.1. The molecule has 0 aliphatic carbocycles. The van der Waals surface area contributed by atoms with Gasteiger partial charge < -0.3 is 5.32 Å². The van der Waals surface area contributed by atoms with Gasteiger partial charge in [0.2, 0.25) is 0 Å². The summed E-state index contributed by atoms with van der Waals surface area (Å²) in [6.45, 7) is 0. The lowest BCUT2D eigenvalue weighted by Crippen LogP contribution is -2.47. The highest BCUT2D eigenvalue weighted by atomic mass is 35.5. The van der Waals surface area contributed by atoms with Crippen LogP contribution in [0.15, 0.2) is 77.9 Å². The van der Waals surface area contributed by atoms with Gasteiger partial charge in [-0.3, -0.25) is 29.8 Å². The van der Waals surface area contributed by atoms with E-state index in [1.807, 2.05) is 30.3 Å². The van der Waals surface area contributed by atoms with Crippen LogP contribution in [-0.4, -0.2) is 39.7 Å². The minimum Gasteiger partial charge on any atom is -0.339 e. The maximum Gasteiger partial charge on any atom is 0.277 e. The fourth-order valence-electron chi connectivity index (χ4n) is 3.05. The molecular weight excluding hydrogens is 522 g/mol. The Labute approximate surface area is 220 Å². The van der Waals surface area contributed by atoms with Crippen molar-refractivity contribution in [3.63, 3.8) is 0 Å². The number of nitrogens with zero attached hydrogens (tertiary/aromatic N) is 3. The number of hydrazone groups is 1. The molecule has 0 saturated carbocycles. The Balaban J connectivity index is 1.77. The van der Waals surface area contributed by atoms with E-state index in [1.54, 1.807) is 24.3 Å². The summed E-state index contributed by atoms with van der Waals surface area (Å²) in [7, 11) is 0. The van der Waals surface area contributed by atoms with Gasteiger partial charge in [0, 0.05) is 34.2 Å². The fourth-order valence-corrected chi connectivity index (χ4v) is 4.25. The van der Waals surface area contributed by atoms with E-state index in [9.17, 15) is 29.8 Å². The number of non-ortho nitro benzene ring substituents is 2. The standard InChI is InChI=1S/C24H20ClN5O6S/c25-21-9-5-4-8-17(21)13-26-28-24(32)22(15-37-14-16-6-2-1-3-7-16)27-23(31)18-10-19(29(33)34)12-20(11-18)30(35)36/h1-13,22H,14-15H2,(H,27,31)(H,28,32)/b26-13+. The van der Waals surface area contributed by atoms with Crippen molar-refractivity contribution in [1.82, 2.24) is 10.7 Å². The number of hydrogen-bond donors (Lipinski definition) is 2. The summed E-state index contributed by atoms with van der Waals surface area (Å²) in [5, 5.41) is 29.2. The molecule has 2 N–H and O–H groups in total. The van der Waals surface area contributed by atoms with Crippen LogP contribution in [0.3, 0.4) is 0 Å². The highest BCUT2D eigenvalue weighted by molar-refractivity contribution is 7.98. The van der Waals surface area contributed by atoms with E-state index in [1.165, 1.54) is 18.0 Å². The molecule has 2 amide bonds. The van der Waals surface area contributed by atoms with Crippen LogP contribution in [0.1, 0.15) is 21.5 Å². The average molecular weight is 542 g/mol. The van der Waals surface area contributed by atoms with Crippen LogP contribution < -0.4 is 10.7 Å². The molecule has 0 aliphatic heterocycles. The second-order valence-electron chi connectivity index (χ2n) is 7.53. The zero-order valence-corrected chi connectivity index (χ0v) is 20.6. The molecule has 0 fully saturated rings. The summed E-state index contributed by atoms with van der Waals surface area (Å²) in [5.41, 5.74) is 2.35. The largest absolute Gasteiger partial charge is 0.339 e. The lowest BCUT2D eigenvalue weighted by atomic mass is 10.1. The first-order chi connectivity index (χ1) is 17.7. The lowest BCUT2D eigenvalue weighted by Gasteiger charge is -2.17. The topological polar surface area (TPSA) is 157 Å². The van der Waals surface area contributed by atoms with E-state index in [0.717, 1.165) is 23.8 Å². The number of halogens is 1. The molecule has 0 saturated heterocycles. The summed E-state index contributed by atoms with van der Waals surface area (Å²) >= 11 is 7.44. The van der Waals surface area contributed by atoms with Crippen LogP contribution in [0, 0.1) is 20.2 Å². The molecule has 0 radical (unpaired) electrons. The van der Waals surface area contributed by atoms with E-state index in [2.05, 4.69) is 15.8 Å². The Morgan fingerprint density at radius 2 is 1.59 bits per heavy atom. The number of rotatable bonds is 11. The summed E-state index contributed by atoms with van der Waals surface area (Å²) in [4.78, 5) is 46.4. The number of nitrogens with one attached hydrogen (secondary N) is 2. The molecule has 3 aromatic carbocycles. The molecule has 0 bridgehead atoms. The number of nitro groups is 2. The molecule has 0 heterocycles. The summed E-state index contributed by atoms with van der Waals surface area (Å²) in [6.07, 6.45) is 1.35. The van der Waals surface area contributed by atoms with Crippen molar-refractivity contribution in [3.8, 4) is 0 Å². The molecule has 0 aliphatic rings. The van der Waals surface area contributed by atoms with Gasteiger partial charge in [0.05, 0.1) is 27.7 Å². The first-order valence-corrected chi connectivity index (χ1v) is 12.2. The molecule has 0 aromatic heterocycles. The van der Waals surface area contributed by atoms with Crippen molar-refractivity contribution in [1.29, 1.82) is 0 Å². The highest BCUT2D eigenvalue weighted by Crippen LogP contribution is 2.23. The molecule has 3 rings (SSSR count). The molecule has 13 heteroatoms. The molecule has 3 aromatic rings. The normalized spacial score (nSPS) is 11.6. The Kier molecular flexibility index (Phi) is 9.69.